The molecule has 0 bridgehead atoms. The molecule has 12 heteroatoms. The molecule has 5 heterocycles. The Kier molecular flexibility index (Phi) is 7.12. The minimum Gasteiger partial charge on any atom is -0.454 e. The average molecular weight is 549 g/mol. The number of nitrogens with zero attached hydrogens (tertiary/aromatic N) is 4. The number of benzene rings is 1. The summed E-state index contributed by atoms with van der Waals surface area (Å²) in [7, 11) is 0. The Morgan fingerprint density at radius 1 is 1.13 bits per heavy atom. The Morgan fingerprint density at radius 2 is 1.97 bits per heavy atom. The van der Waals surface area contributed by atoms with Crippen LogP contribution in [0.4, 0.5) is 15.1 Å². The summed E-state index contributed by atoms with van der Waals surface area (Å²) in [6, 6.07) is 9.06. The van der Waals surface area contributed by atoms with Gasteiger partial charge in [-0.25, -0.2) is 14.4 Å². The van der Waals surface area contributed by atoms with E-state index in [1.807, 2.05) is 18.2 Å². The van der Waals surface area contributed by atoms with Gasteiger partial charge in [-0.1, -0.05) is 0 Å². The lowest BCUT2D eigenvalue weighted by atomic mass is 9.97. The molecule has 3 aromatic rings. The van der Waals surface area contributed by atoms with Crippen molar-refractivity contribution in [2.45, 2.75) is 19.4 Å². The van der Waals surface area contributed by atoms with Crippen molar-refractivity contribution in [3.05, 3.63) is 64.7 Å². The number of halogens is 1. The van der Waals surface area contributed by atoms with E-state index in [9.17, 15) is 14.0 Å². The summed E-state index contributed by atoms with van der Waals surface area (Å²) >= 11 is 0.865. The highest BCUT2D eigenvalue weighted by Crippen LogP contribution is 2.35. The maximum Gasteiger partial charge on any atom is 0.290 e. The zero-order valence-electron chi connectivity index (χ0n) is 20.9. The monoisotopic (exact) mass is 548 g/mol. The van der Waals surface area contributed by atoms with Crippen LogP contribution in [0, 0.1) is 11.7 Å². The molecule has 2 aromatic heterocycles. The molecular formula is C27H25FN6O4S. The molecule has 0 radical (unpaired) electrons. The molecule has 2 saturated heterocycles. The number of ether oxygens (including phenoxy) is 2. The van der Waals surface area contributed by atoms with Crippen LogP contribution in [0.25, 0.3) is 17.3 Å². The summed E-state index contributed by atoms with van der Waals surface area (Å²) in [5, 5.41) is 5.27. The fourth-order valence-corrected chi connectivity index (χ4v) is 5.39. The van der Waals surface area contributed by atoms with Crippen LogP contribution in [-0.4, -0.2) is 52.5 Å². The molecule has 6 rings (SSSR count). The summed E-state index contributed by atoms with van der Waals surface area (Å²) < 4.78 is 25.3. The number of thioether (sulfide) groups is 1. The smallest absolute Gasteiger partial charge is 0.290 e. The van der Waals surface area contributed by atoms with Crippen molar-refractivity contribution in [1.82, 2.24) is 25.6 Å². The van der Waals surface area contributed by atoms with E-state index in [1.54, 1.807) is 24.4 Å². The Bertz CT molecular complexity index is 1460. The van der Waals surface area contributed by atoms with Gasteiger partial charge in [0.25, 0.3) is 11.1 Å². The molecule has 3 aliphatic heterocycles. The van der Waals surface area contributed by atoms with E-state index in [4.69, 9.17) is 9.47 Å². The highest BCUT2D eigenvalue weighted by Gasteiger charge is 2.26. The van der Waals surface area contributed by atoms with Gasteiger partial charge in [0.2, 0.25) is 12.7 Å². The van der Waals surface area contributed by atoms with Crippen molar-refractivity contribution < 1.29 is 23.5 Å². The Hall–Kier alpha value is -4.03. The lowest BCUT2D eigenvalue weighted by Gasteiger charge is -2.32. The average Bonchev–Trinajstić information content (AvgIpc) is 3.55. The second-order valence-electron chi connectivity index (χ2n) is 9.42. The van der Waals surface area contributed by atoms with Crippen molar-refractivity contribution in [3.8, 4) is 22.8 Å². The zero-order valence-corrected chi connectivity index (χ0v) is 21.7. The maximum atomic E-state index is 14.5. The largest absolute Gasteiger partial charge is 0.454 e. The van der Waals surface area contributed by atoms with Crippen molar-refractivity contribution in [3.63, 3.8) is 0 Å². The van der Waals surface area contributed by atoms with Crippen molar-refractivity contribution in [2.75, 3.05) is 31.3 Å². The number of imide groups is 1. The van der Waals surface area contributed by atoms with Crippen molar-refractivity contribution in [2.24, 2.45) is 5.92 Å². The SMILES string of the molecule is O=C1NC(=O)/C(=C\c2ccnc(N3CCC(CNCc4cc(-c5ccc6c(c5)OCO6)ncc4F)CC3)n2)S1. The number of carbonyl (C=O) groups is 2. The highest BCUT2D eigenvalue weighted by molar-refractivity contribution is 8.18. The molecule has 0 unspecified atom stereocenters. The number of anilines is 1. The second-order valence-corrected chi connectivity index (χ2v) is 10.4. The highest BCUT2D eigenvalue weighted by atomic mass is 32.2. The normalized spacial score (nSPS) is 18.2. The number of aromatic nitrogens is 3. The Morgan fingerprint density at radius 3 is 2.79 bits per heavy atom. The van der Waals surface area contributed by atoms with E-state index < -0.39 is 5.91 Å². The number of hydrogen-bond donors (Lipinski definition) is 2. The van der Waals surface area contributed by atoms with Gasteiger partial charge in [-0.3, -0.25) is 19.9 Å². The summed E-state index contributed by atoms with van der Waals surface area (Å²) in [4.78, 5) is 38.9. The molecule has 3 aliphatic rings. The molecule has 0 atom stereocenters. The number of rotatable bonds is 7. The predicted octanol–water partition coefficient (Wildman–Crippen LogP) is 3.74. The number of fused-ring (bicyclic) bond motifs is 1. The number of piperidine rings is 1. The van der Waals surface area contributed by atoms with E-state index in [1.165, 1.54) is 6.20 Å². The molecule has 2 fully saturated rings. The third-order valence-electron chi connectivity index (χ3n) is 6.83. The van der Waals surface area contributed by atoms with Crippen LogP contribution in [0.3, 0.4) is 0 Å². The molecule has 10 nitrogen and oxygen atoms in total. The first-order valence-corrected chi connectivity index (χ1v) is 13.4. The van der Waals surface area contributed by atoms with Gasteiger partial charge in [0, 0.05) is 37.0 Å². The lowest BCUT2D eigenvalue weighted by Crippen LogP contribution is -2.38. The van der Waals surface area contributed by atoms with E-state index in [-0.39, 0.29) is 17.8 Å². The van der Waals surface area contributed by atoms with Crippen molar-refractivity contribution >= 4 is 34.9 Å². The van der Waals surface area contributed by atoms with Gasteiger partial charge in [0.1, 0.15) is 5.82 Å². The van der Waals surface area contributed by atoms with Gasteiger partial charge in [-0.15, -0.1) is 0 Å². The standard InChI is InChI=1S/C27H25FN6O4S/c28-20-14-31-21(17-1-2-22-23(10-17)38-15-37-22)9-18(20)13-29-12-16-4-7-34(8-5-16)26-30-6-3-19(32-26)11-24-25(35)33-27(36)39-24/h1-3,6,9-11,14,16,29H,4-5,7-8,12-13,15H2,(H,33,35,36)/b24-11+. The van der Waals surface area contributed by atoms with Crippen molar-refractivity contribution in [1.29, 1.82) is 0 Å². The van der Waals surface area contributed by atoms with Crippen LogP contribution >= 0.6 is 11.8 Å². The number of hydrogen-bond acceptors (Lipinski definition) is 10. The van der Waals surface area contributed by atoms with Gasteiger partial charge in [0.05, 0.1) is 22.5 Å². The molecule has 0 spiro atoms. The quantitative estimate of drug-likeness (QED) is 0.423. The van der Waals surface area contributed by atoms with Crippen LogP contribution in [0.15, 0.2) is 47.6 Å². The van der Waals surface area contributed by atoms with E-state index in [2.05, 4.69) is 30.5 Å². The molecule has 0 aliphatic carbocycles. The number of amides is 2. The minimum absolute atomic E-state index is 0.198. The maximum absolute atomic E-state index is 14.5. The van der Waals surface area contributed by atoms with Crippen LogP contribution in [-0.2, 0) is 11.3 Å². The third-order valence-corrected chi connectivity index (χ3v) is 7.64. The first kappa shape index (κ1) is 25.3. The molecule has 2 N–H and O–H groups in total. The molecule has 0 saturated carbocycles. The summed E-state index contributed by atoms with van der Waals surface area (Å²) in [6.45, 7) is 2.95. The Labute approximate surface area is 228 Å². The van der Waals surface area contributed by atoms with E-state index in [0.717, 1.165) is 49.8 Å². The van der Waals surface area contributed by atoms with Gasteiger partial charge >= 0.3 is 0 Å². The van der Waals surface area contributed by atoms with Crippen LogP contribution in [0.1, 0.15) is 24.1 Å². The summed E-state index contributed by atoms with van der Waals surface area (Å²) in [5.41, 5.74) is 2.66. The molecule has 200 valence electrons. The molecular weight excluding hydrogens is 523 g/mol. The second kappa shape index (κ2) is 11.0. The first-order chi connectivity index (χ1) is 19.0. The van der Waals surface area contributed by atoms with Gasteiger partial charge in [-0.2, -0.15) is 0 Å². The summed E-state index contributed by atoms with van der Waals surface area (Å²) in [5.74, 6) is 1.64. The van der Waals surface area contributed by atoms with Crippen LogP contribution in [0.2, 0.25) is 0 Å². The number of carbonyl (C=O) groups excluding carboxylic acids is 2. The first-order valence-electron chi connectivity index (χ1n) is 12.6. The number of pyridine rings is 1. The topological polar surface area (TPSA) is 119 Å². The van der Waals surface area contributed by atoms with E-state index >= 15 is 0 Å². The number of nitrogens with one attached hydrogen (secondary N) is 2. The third kappa shape index (κ3) is 5.71. The molecule has 1 aromatic carbocycles. The predicted molar refractivity (Wildman–Crippen MR) is 144 cm³/mol. The van der Waals surface area contributed by atoms with E-state index in [0.29, 0.717) is 51.8 Å². The molecule has 2 amide bonds. The van der Waals surface area contributed by atoms with Gasteiger partial charge in [-0.05, 0) is 73.5 Å². The minimum atomic E-state index is -0.408. The fourth-order valence-electron chi connectivity index (χ4n) is 4.73. The zero-order chi connectivity index (χ0) is 26.8. The molecule has 39 heavy (non-hydrogen) atoms. The Balaban J connectivity index is 1.02. The lowest BCUT2D eigenvalue weighted by molar-refractivity contribution is -0.115. The van der Waals surface area contributed by atoms with Gasteiger partial charge < -0.3 is 19.7 Å². The fraction of sp³-hybridized carbons (Fsp3) is 0.296. The van der Waals surface area contributed by atoms with Crippen LogP contribution < -0.4 is 25.0 Å². The summed E-state index contributed by atoms with van der Waals surface area (Å²) in [6.07, 6.45) is 6.40. The van der Waals surface area contributed by atoms with Crippen LogP contribution in [0.5, 0.6) is 11.5 Å². The van der Waals surface area contributed by atoms with Gasteiger partial charge in [0.15, 0.2) is 11.5 Å².